The molecule has 1 aliphatic rings. The van der Waals surface area contributed by atoms with Gasteiger partial charge >= 0.3 is 0 Å². The molecule has 3 rings (SSSR count). The maximum absolute atomic E-state index is 13.3. The molecule has 1 atom stereocenters. The summed E-state index contributed by atoms with van der Waals surface area (Å²) in [7, 11) is 0. The third-order valence-electron chi connectivity index (χ3n) is 6.28. The first kappa shape index (κ1) is 26.7. The fraction of sp³-hybridized carbons (Fsp3) is 0.462. The van der Waals surface area contributed by atoms with E-state index in [1.807, 2.05) is 13.8 Å². The molecule has 0 unspecified atom stereocenters. The number of carbonyl (C=O) groups is 2. The molecule has 0 radical (unpaired) electrons. The van der Waals surface area contributed by atoms with Gasteiger partial charge in [0, 0.05) is 33.2 Å². The first-order chi connectivity index (χ1) is 16.2. The number of hydrogen-bond acceptors (Lipinski definition) is 3. The summed E-state index contributed by atoms with van der Waals surface area (Å²) in [5.41, 5.74) is 2.32. The Morgan fingerprint density at radius 2 is 1.65 bits per heavy atom. The van der Waals surface area contributed by atoms with E-state index in [0.29, 0.717) is 26.4 Å². The van der Waals surface area contributed by atoms with Crippen LogP contribution in [0.25, 0.3) is 0 Å². The Morgan fingerprint density at radius 1 is 1.06 bits per heavy atom. The molecule has 1 N–H and O–H groups in total. The van der Waals surface area contributed by atoms with Crippen LogP contribution in [0.4, 0.5) is 0 Å². The minimum Gasteiger partial charge on any atom is -0.484 e. The summed E-state index contributed by atoms with van der Waals surface area (Å²) in [6.45, 7) is 5.35. The van der Waals surface area contributed by atoms with Crippen LogP contribution in [0.15, 0.2) is 30.3 Å². The lowest BCUT2D eigenvalue weighted by atomic mass is 9.95. The van der Waals surface area contributed by atoms with Gasteiger partial charge in [-0.05, 0) is 69.0 Å². The maximum atomic E-state index is 13.3. The van der Waals surface area contributed by atoms with E-state index in [0.717, 1.165) is 36.8 Å². The van der Waals surface area contributed by atoms with E-state index in [1.54, 1.807) is 37.3 Å². The van der Waals surface area contributed by atoms with Gasteiger partial charge in [-0.2, -0.15) is 0 Å². The van der Waals surface area contributed by atoms with Crippen molar-refractivity contribution in [1.29, 1.82) is 0 Å². The van der Waals surface area contributed by atoms with Gasteiger partial charge in [0.2, 0.25) is 5.91 Å². The highest BCUT2D eigenvalue weighted by Gasteiger charge is 2.29. The highest BCUT2D eigenvalue weighted by atomic mass is 35.5. The average Bonchev–Trinajstić information content (AvgIpc) is 2.81. The van der Waals surface area contributed by atoms with Crippen molar-refractivity contribution < 1.29 is 14.3 Å². The van der Waals surface area contributed by atoms with E-state index >= 15 is 0 Å². The minimum absolute atomic E-state index is 0.0959. The Labute approximate surface area is 216 Å². The molecule has 8 heteroatoms. The smallest absolute Gasteiger partial charge is 0.261 e. The number of rotatable bonds is 8. The second-order valence-electron chi connectivity index (χ2n) is 8.90. The van der Waals surface area contributed by atoms with Crippen molar-refractivity contribution in [3.63, 3.8) is 0 Å². The van der Waals surface area contributed by atoms with Crippen LogP contribution >= 0.6 is 34.8 Å². The van der Waals surface area contributed by atoms with Crippen molar-refractivity contribution in [3.05, 3.63) is 62.1 Å². The van der Waals surface area contributed by atoms with Crippen molar-refractivity contribution in [2.45, 2.75) is 71.5 Å². The predicted molar refractivity (Wildman–Crippen MR) is 138 cm³/mol. The molecular weight excluding hydrogens is 495 g/mol. The minimum atomic E-state index is -0.723. The Hall–Kier alpha value is -1.95. The molecule has 0 spiro atoms. The van der Waals surface area contributed by atoms with Gasteiger partial charge in [0.1, 0.15) is 11.8 Å². The second kappa shape index (κ2) is 12.1. The zero-order chi connectivity index (χ0) is 24.8. The third kappa shape index (κ3) is 6.80. The van der Waals surface area contributed by atoms with Gasteiger partial charge in [-0.1, -0.05) is 60.1 Å². The van der Waals surface area contributed by atoms with E-state index in [4.69, 9.17) is 39.5 Å². The fourth-order valence-electron chi connectivity index (χ4n) is 4.22. The molecule has 184 valence electrons. The summed E-state index contributed by atoms with van der Waals surface area (Å²) in [5.74, 6) is 0.0110. The zero-order valence-corrected chi connectivity index (χ0v) is 22.1. The Balaban J connectivity index is 1.78. The Morgan fingerprint density at radius 3 is 2.24 bits per heavy atom. The number of ether oxygens (including phenoxy) is 1. The molecule has 2 aromatic rings. The monoisotopic (exact) mass is 524 g/mol. The molecular formula is C26H31Cl3N2O3. The number of carbonyl (C=O) groups excluding carboxylic acids is 2. The van der Waals surface area contributed by atoms with Crippen molar-refractivity contribution in [1.82, 2.24) is 10.2 Å². The molecule has 34 heavy (non-hydrogen) atoms. The highest BCUT2D eigenvalue weighted by molar-refractivity contribution is 6.36. The van der Waals surface area contributed by atoms with Gasteiger partial charge in [0.15, 0.2) is 6.61 Å². The van der Waals surface area contributed by atoms with E-state index in [9.17, 15) is 9.59 Å². The number of nitrogens with zero attached hydrogens (tertiary/aromatic N) is 1. The van der Waals surface area contributed by atoms with Gasteiger partial charge in [0.25, 0.3) is 5.91 Å². The van der Waals surface area contributed by atoms with E-state index in [2.05, 4.69) is 5.32 Å². The molecule has 0 aromatic heterocycles. The lowest BCUT2D eigenvalue weighted by Gasteiger charge is -2.31. The van der Waals surface area contributed by atoms with Crippen molar-refractivity contribution in [3.8, 4) is 5.75 Å². The van der Waals surface area contributed by atoms with Gasteiger partial charge in [0.05, 0.1) is 0 Å². The van der Waals surface area contributed by atoms with Crippen molar-refractivity contribution >= 4 is 46.6 Å². The van der Waals surface area contributed by atoms with Crippen LogP contribution in [0.2, 0.25) is 15.1 Å². The number of halogens is 3. The Kier molecular flexibility index (Phi) is 9.52. The lowest BCUT2D eigenvalue weighted by Crippen LogP contribution is -2.51. The zero-order valence-electron chi connectivity index (χ0n) is 19.8. The summed E-state index contributed by atoms with van der Waals surface area (Å²) < 4.78 is 5.80. The quantitative estimate of drug-likeness (QED) is 0.427. The molecule has 0 bridgehead atoms. The standard InChI is InChI=1S/C26H31Cl3N2O3/c1-16-12-20(13-17(2)25(16)29)34-15-24(32)31(14-21-22(27)10-7-11-23(21)28)18(3)26(33)30-19-8-5-4-6-9-19/h7,10-13,18-19H,4-6,8-9,14-15H2,1-3H3,(H,30,33)/t18-/m0/s1. The molecule has 1 aliphatic carbocycles. The molecule has 2 aromatic carbocycles. The topological polar surface area (TPSA) is 58.6 Å². The average molecular weight is 526 g/mol. The van der Waals surface area contributed by atoms with Crippen LogP contribution in [0.3, 0.4) is 0 Å². The van der Waals surface area contributed by atoms with Crippen LogP contribution in [0.5, 0.6) is 5.75 Å². The number of hydrogen-bond donors (Lipinski definition) is 1. The Bertz CT molecular complexity index is 995. The van der Waals surface area contributed by atoms with E-state index < -0.39 is 6.04 Å². The molecule has 0 heterocycles. The first-order valence-electron chi connectivity index (χ1n) is 11.6. The van der Waals surface area contributed by atoms with E-state index in [-0.39, 0.29) is 31.0 Å². The lowest BCUT2D eigenvalue weighted by molar-refractivity contribution is -0.142. The van der Waals surface area contributed by atoms with E-state index in [1.165, 1.54) is 11.3 Å². The highest BCUT2D eigenvalue weighted by Crippen LogP contribution is 2.28. The van der Waals surface area contributed by atoms with Crippen LogP contribution in [0, 0.1) is 13.8 Å². The number of nitrogens with one attached hydrogen (secondary N) is 1. The van der Waals surface area contributed by atoms with Crippen molar-refractivity contribution in [2.24, 2.45) is 0 Å². The van der Waals surface area contributed by atoms with Gasteiger partial charge in [-0.25, -0.2) is 0 Å². The largest absolute Gasteiger partial charge is 0.484 e. The van der Waals surface area contributed by atoms with Crippen LogP contribution in [-0.4, -0.2) is 35.4 Å². The summed E-state index contributed by atoms with van der Waals surface area (Å²) in [6.07, 6.45) is 5.32. The van der Waals surface area contributed by atoms with Gasteiger partial charge in [-0.15, -0.1) is 0 Å². The molecule has 2 amide bonds. The number of aryl methyl sites for hydroxylation is 2. The molecule has 1 fully saturated rings. The fourth-order valence-corrected chi connectivity index (χ4v) is 4.85. The summed E-state index contributed by atoms with van der Waals surface area (Å²) in [5, 5.41) is 4.66. The normalized spacial score (nSPS) is 15.0. The third-order valence-corrected chi connectivity index (χ3v) is 7.59. The molecule has 0 saturated heterocycles. The molecule has 5 nitrogen and oxygen atoms in total. The second-order valence-corrected chi connectivity index (χ2v) is 10.1. The summed E-state index contributed by atoms with van der Waals surface area (Å²) >= 11 is 19.0. The van der Waals surface area contributed by atoms with Crippen LogP contribution in [0.1, 0.15) is 55.7 Å². The first-order valence-corrected chi connectivity index (χ1v) is 12.7. The number of benzene rings is 2. The van der Waals surface area contributed by atoms with Gasteiger partial charge < -0.3 is 15.0 Å². The van der Waals surface area contributed by atoms with Crippen LogP contribution < -0.4 is 10.1 Å². The maximum Gasteiger partial charge on any atom is 0.261 e. The SMILES string of the molecule is Cc1cc(OCC(=O)N(Cc2c(Cl)cccc2Cl)[C@@H](C)C(=O)NC2CCCCC2)cc(C)c1Cl. The predicted octanol–water partition coefficient (Wildman–Crippen LogP) is 6.51. The molecule has 1 saturated carbocycles. The summed E-state index contributed by atoms with van der Waals surface area (Å²) in [6, 6.07) is 8.17. The van der Waals surface area contributed by atoms with Crippen molar-refractivity contribution in [2.75, 3.05) is 6.61 Å². The molecule has 0 aliphatic heterocycles. The summed E-state index contributed by atoms with van der Waals surface area (Å²) in [4.78, 5) is 27.9. The van der Waals surface area contributed by atoms with Crippen LogP contribution in [-0.2, 0) is 16.1 Å². The number of amides is 2. The van der Waals surface area contributed by atoms with Gasteiger partial charge in [-0.3, -0.25) is 9.59 Å².